The van der Waals surface area contributed by atoms with Crippen LogP contribution in [0.25, 0.3) is 11.3 Å². The standard InChI is InChI=1S/C25H25F3N4O4S/c1-23(2)8-5-9-24(11-23)18-17(14-7-6-13(25(26,27)28)10-15(14)36-24)31-22(37-18)32-19(33)16-20(34-3)29-12-30-21(16)35-4/h6-7,10,12H,5,8-9,11H2,1-4H3,(H,31,32,33). The molecule has 1 saturated carbocycles. The van der Waals surface area contributed by atoms with Crippen molar-refractivity contribution in [3.63, 3.8) is 0 Å². The quantitative estimate of drug-likeness (QED) is 0.434. The lowest BCUT2D eigenvalue weighted by Crippen LogP contribution is -2.42. The fourth-order valence-electron chi connectivity index (χ4n) is 5.20. The van der Waals surface area contributed by atoms with Gasteiger partial charge in [-0.15, -0.1) is 0 Å². The second-order valence-corrected chi connectivity index (χ2v) is 10.9. The van der Waals surface area contributed by atoms with Gasteiger partial charge in [-0.05, 0) is 49.3 Å². The number of halogens is 3. The lowest BCUT2D eigenvalue weighted by atomic mass is 9.68. The molecule has 1 unspecified atom stereocenters. The number of anilines is 1. The Bertz CT molecular complexity index is 1350. The first-order valence-corrected chi connectivity index (χ1v) is 12.4. The van der Waals surface area contributed by atoms with Crippen molar-refractivity contribution in [3.05, 3.63) is 40.5 Å². The van der Waals surface area contributed by atoms with Gasteiger partial charge in [-0.2, -0.15) is 13.2 Å². The zero-order chi connectivity index (χ0) is 26.6. The normalized spacial score (nSPS) is 20.0. The number of amides is 1. The summed E-state index contributed by atoms with van der Waals surface area (Å²) in [5, 5.41) is 3.03. The van der Waals surface area contributed by atoms with Crippen molar-refractivity contribution in [2.45, 2.75) is 51.3 Å². The number of benzene rings is 1. The molecule has 1 amide bonds. The van der Waals surface area contributed by atoms with E-state index < -0.39 is 23.2 Å². The summed E-state index contributed by atoms with van der Waals surface area (Å²) in [6, 6.07) is 3.43. The van der Waals surface area contributed by atoms with E-state index in [1.54, 1.807) is 0 Å². The number of nitrogens with zero attached hydrogens (tertiary/aromatic N) is 3. The molecule has 0 radical (unpaired) electrons. The first-order valence-electron chi connectivity index (χ1n) is 11.6. The van der Waals surface area contributed by atoms with Crippen LogP contribution in [0, 0.1) is 5.41 Å². The van der Waals surface area contributed by atoms with Crippen molar-refractivity contribution in [3.8, 4) is 28.8 Å². The molecule has 3 heterocycles. The van der Waals surface area contributed by atoms with Crippen LogP contribution in [0.3, 0.4) is 0 Å². The summed E-state index contributed by atoms with van der Waals surface area (Å²) in [5.41, 5.74) is -0.763. The van der Waals surface area contributed by atoms with Crippen molar-refractivity contribution in [2.24, 2.45) is 5.41 Å². The highest BCUT2D eigenvalue weighted by Gasteiger charge is 2.49. The number of aromatic nitrogens is 3. The van der Waals surface area contributed by atoms with Gasteiger partial charge in [0.15, 0.2) is 10.7 Å². The number of hydrogen-bond donors (Lipinski definition) is 1. The number of alkyl halides is 3. The Balaban J connectivity index is 1.60. The Hall–Kier alpha value is -3.41. The Morgan fingerprint density at radius 1 is 1.14 bits per heavy atom. The first-order chi connectivity index (χ1) is 17.5. The van der Waals surface area contributed by atoms with Crippen LogP contribution in [0.5, 0.6) is 17.5 Å². The third-order valence-electron chi connectivity index (χ3n) is 6.72. The average molecular weight is 535 g/mol. The summed E-state index contributed by atoms with van der Waals surface area (Å²) in [4.78, 5) is 26.6. The maximum atomic E-state index is 13.5. The van der Waals surface area contributed by atoms with E-state index in [1.165, 1.54) is 38.0 Å². The SMILES string of the molecule is COc1ncnc(OC)c1C(=O)Nc1nc2c(s1)C1(CCCC(C)(C)C1)Oc1cc(C(F)(F)F)ccc1-2. The number of fused-ring (bicyclic) bond motifs is 4. The molecule has 2 aliphatic rings. The molecule has 196 valence electrons. The van der Waals surface area contributed by atoms with Crippen molar-refractivity contribution in [1.29, 1.82) is 0 Å². The van der Waals surface area contributed by atoms with Gasteiger partial charge in [0.1, 0.15) is 17.7 Å². The summed E-state index contributed by atoms with van der Waals surface area (Å²) >= 11 is 1.25. The summed E-state index contributed by atoms with van der Waals surface area (Å²) in [6.07, 6.45) is -0.242. The van der Waals surface area contributed by atoms with Crippen molar-refractivity contribution >= 4 is 22.4 Å². The Kier molecular flexibility index (Phi) is 6.05. The van der Waals surface area contributed by atoms with Gasteiger partial charge < -0.3 is 14.2 Å². The molecule has 1 atom stereocenters. The highest BCUT2D eigenvalue weighted by molar-refractivity contribution is 7.16. The Morgan fingerprint density at radius 3 is 2.46 bits per heavy atom. The molecule has 1 fully saturated rings. The molecule has 1 spiro atoms. The fraction of sp³-hybridized carbons (Fsp3) is 0.440. The van der Waals surface area contributed by atoms with Crippen LogP contribution in [0.4, 0.5) is 18.3 Å². The van der Waals surface area contributed by atoms with Crippen LogP contribution in [-0.4, -0.2) is 35.1 Å². The van der Waals surface area contributed by atoms with E-state index in [1.807, 2.05) is 0 Å². The summed E-state index contributed by atoms with van der Waals surface area (Å²) < 4.78 is 57.3. The maximum Gasteiger partial charge on any atom is 0.416 e. The monoisotopic (exact) mass is 534 g/mol. The first kappa shape index (κ1) is 25.2. The maximum absolute atomic E-state index is 13.5. The third kappa shape index (κ3) is 4.47. The number of hydrogen-bond acceptors (Lipinski definition) is 8. The largest absolute Gasteiger partial charge is 0.481 e. The lowest BCUT2D eigenvalue weighted by molar-refractivity contribution is -0.137. The number of methoxy groups -OCH3 is 2. The fourth-order valence-corrected chi connectivity index (χ4v) is 6.33. The average Bonchev–Trinajstić information content (AvgIpc) is 3.26. The minimum atomic E-state index is -4.51. The van der Waals surface area contributed by atoms with Crippen LogP contribution >= 0.6 is 11.3 Å². The second kappa shape index (κ2) is 8.86. The van der Waals surface area contributed by atoms with Gasteiger partial charge in [-0.1, -0.05) is 25.2 Å². The zero-order valence-corrected chi connectivity index (χ0v) is 21.5. The van der Waals surface area contributed by atoms with Crippen molar-refractivity contribution < 1.29 is 32.2 Å². The van der Waals surface area contributed by atoms with Gasteiger partial charge in [0.05, 0.1) is 30.4 Å². The Labute approximate surface area is 215 Å². The highest BCUT2D eigenvalue weighted by atomic mass is 32.1. The summed E-state index contributed by atoms with van der Waals surface area (Å²) in [7, 11) is 2.75. The van der Waals surface area contributed by atoms with E-state index in [0.29, 0.717) is 24.1 Å². The van der Waals surface area contributed by atoms with Crippen LogP contribution in [0.2, 0.25) is 0 Å². The van der Waals surface area contributed by atoms with Crippen LogP contribution in [-0.2, 0) is 11.8 Å². The van der Waals surface area contributed by atoms with E-state index in [2.05, 4.69) is 34.1 Å². The van der Waals surface area contributed by atoms with Crippen LogP contribution in [0.1, 0.15) is 60.3 Å². The smallest absolute Gasteiger partial charge is 0.416 e. The molecule has 1 N–H and O–H groups in total. The van der Waals surface area contributed by atoms with Gasteiger partial charge >= 0.3 is 6.18 Å². The van der Waals surface area contributed by atoms with Gasteiger partial charge in [-0.25, -0.2) is 15.0 Å². The number of rotatable bonds is 4. The molecular formula is C25H25F3N4O4S. The molecule has 12 heteroatoms. The Morgan fingerprint density at radius 2 is 1.84 bits per heavy atom. The van der Waals surface area contributed by atoms with Gasteiger partial charge in [0.2, 0.25) is 11.8 Å². The van der Waals surface area contributed by atoms with E-state index in [-0.39, 0.29) is 33.6 Å². The lowest BCUT2D eigenvalue weighted by Gasteiger charge is -2.46. The molecule has 1 aromatic carbocycles. The molecule has 0 saturated heterocycles. The molecular weight excluding hydrogens is 509 g/mol. The van der Waals surface area contributed by atoms with E-state index in [9.17, 15) is 18.0 Å². The van der Waals surface area contributed by atoms with E-state index >= 15 is 0 Å². The summed E-state index contributed by atoms with van der Waals surface area (Å²) in [6.45, 7) is 4.24. The number of carbonyl (C=O) groups excluding carboxylic acids is 1. The minimum absolute atomic E-state index is 0.000606. The predicted octanol–water partition coefficient (Wildman–Crippen LogP) is 6.08. The predicted molar refractivity (Wildman–Crippen MR) is 130 cm³/mol. The number of thiazole rings is 1. The molecule has 3 aromatic rings. The van der Waals surface area contributed by atoms with E-state index in [4.69, 9.17) is 14.2 Å². The molecule has 5 rings (SSSR count). The minimum Gasteiger partial charge on any atom is -0.481 e. The number of carbonyl (C=O) groups is 1. The van der Waals surface area contributed by atoms with Crippen LogP contribution < -0.4 is 19.5 Å². The molecule has 1 aliphatic heterocycles. The third-order valence-corrected chi connectivity index (χ3v) is 7.88. The molecule has 0 bridgehead atoms. The van der Waals surface area contributed by atoms with Gasteiger partial charge in [0.25, 0.3) is 5.91 Å². The van der Waals surface area contributed by atoms with Gasteiger partial charge in [-0.3, -0.25) is 10.1 Å². The summed E-state index contributed by atoms with van der Waals surface area (Å²) in [5.74, 6) is -0.385. The zero-order valence-electron chi connectivity index (χ0n) is 20.7. The van der Waals surface area contributed by atoms with E-state index in [0.717, 1.165) is 29.9 Å². The topological polar surface area (TPSA) is 95.5 Å². The molecule has 2 aromatic heterocycles. The van der Waals surface area contributed by atoms with Crippen LogP contribution in [0.15, 0.2) is 24.5 Å². The van der Waals surface area contributed by atoms with Crippen molar-refractivity contribution in [2.75, 3.05) is 19.5 Å². The highest BCUT2D eigenvalue weighted by Crippen LogP contribution is 2.57. The van der Waals surface area contributed by atoms with Crippen molar-refractivity contribution in [1.82, 2.24) is 15.0 Å². The second-order valence-electron chi connectivity index (χ2n) is 9.92. The molecule has 37 heavy (non-hydrogen) atoms. The van der Waals surface area contributed by atoms with Gasteiger partial charge in [0, 0.05) is 5.56 Å². The number of ether oxygens (including phenoxy) is 3. The number of nitrogens with one attached hydrogen (secondary N) is 1. The molecule has 8 nitrogen and oxygen atoms in total. The molecule has 1 aliphatic carbocycles.